The monoisotopic (exact) mass is 207 g/mol. The molecular formula is C12H21N3. The minimum Gasteiger partial charge on any atom is -0.331 e. The summed E-state index contributed by atoms with van der Waals surface area (Å²) in [6.45, 7) is 5.21. The number of imidazole rings is 1. The Bertz CT molecular complexity index is 316. The zero-order valence-electron chi connectivity index (χ0n) is 9.69. The maximum Gasteiger partial charge on any atom is 0.111 e. The van der Waals surface area contributed by atoms with Crippen LogP contribution in [-0.4, -0.2) is 16.1 Å². The molecular weight excluding hydrogens is 186 g/mol. The number of aromatic nitrogens is 2. The Kier molecular flexibility index (Phi) is 3.10. The number of nitrogens with zero attached hydrogens (tertiary/aromatic N) is 2. The van der Waals surface area contributed by atoms with Crippen LogP contribution in [0.25, 0.3) is 0 Å². The van der Waals surface area contributed by atoms with E-state index in [9.17, 15) is 0 Å². The van der Waals surface area contributed by atoms with Gasteiger partial charge in [-0.15, -0.1) is 0 Å². The molecule has 0 amide bonds. The molecule has 0 bridgehead atoms. The van der Waals surface area contributed by atoms with Gasteiger partial charge in [0.2, 0.25) is 0 Å². The molecule has 1 aromatic rings. The molecule has 0 aliphatic heterocycles. The normalized spacial score (nSPS) is 26.4. The molecule has 1 saturated carbocycles. The highest BCUT2D eigenvalue weighted by molar-refractivity contribution is 5.02. The van der Waals surface area contributed by atoms with Crippen molar-refractivity contribution in [3.63, 3.8) is 0 Å². The highest BCUT2D eigenvalue weighted by Gasteiger charge is 2.29. The van der Waals surface area contributed by atoms with Crippen LogP contribution < -0.4 is 5.73 Å². The third kappa shape index (κ3) is 1.93. The second-order valence-electron chi connectivity index (χ2n) is 4.84. The van der Waals surface area contributed by atoms with Gasteiger partial charge in [0.15, 0.2) is 0 Å². The predicted octanol–water partition coefficient (Wildman–Crippen LogP) is 2.31. The summed E-state index contributed by atoms with van der Waals surface area (Å²) < 4.78 is 2.36. The van der Waals surface area contributed by atoms with Gasteiger partial charge in [0.25, 0.3) is 0 Å². The zero-order chi connectivity index (χ0) is 10.8. The van der Waals surface area contributed by atoms with E-state index in [0.29, 0.717) is 17.9 Å². The average Bonchev–Trinajstić information content (AvgIpc) is 2.85. The fourth-order valence-corrected chi connectivity index (χ4v) is 2.71. The van der Waals surface area contributed by atoms with Gasteiger partial charge in [-0.05, 0) is 25.3 Å². The lowest BCUT2D eigenvalue weighted by atomic mass is 10.0. The predicted molar refractivity (Wildman–Crippen MR) is 61.7 cm³/mol. The molecule has 0 saturated heterocycles. The highest BCUT2D eigenvalue weighted by Crippen LogP contribution is 2.36. The van der Waals surface area contributed by atoms with Crippen molar-refractivity contribution in [2.75, 3.05) is 6.54 Å². The maximum absolute atomic E-state index is 5.82. The van der Waals surface area contributed by atoms with Crippen LogP contribution in [0.15, 0.2) is 12.4 Å². The average molecular weight is 207 g/mol. The van der Waals surface area contributed by atoms with Crippen LogP contribution in [0.2, 0.25) is 0 Å². The smallest absolute Gasteiger partial charge is 0.111 e. The molecule has 3 nitrogen and oxygen atoms in total. The molecule has 3 heteroatoms. The van der Waals surface area contributed by atoms with E-state index in [0.717, 1.165) is 6.54 Å². The molecule has 84 valence electrons. The molecule has 1 aliphatic rings. The number of hydrogen-bond donors (Lipinski definition) is 1. The van der Waals surface area contributed by atoms with Crippen molar-refractivity contribution >= 4 is 0 Å². The topological polar surface area (TPSA) is 43.8 Å². The second kappa shape index (κ2) is 4.35. The molecule has 2 atom stereocenters. The van der Waals surface area contributed by atoms with Gasteiger partial charge in [-0.2, -0.15) is 0 Å². The molecule has 1 aliphatic carbocycles. The Labute approximate surface area is 91.7 Å². The first-order valence-corrected chi connectivity index (χ1v) is 5.96. The van der Waals surface area contributed by atoms with Gasteiger partial charge in [-0.25, -0.2) is 4.98 Å². The Hall–Kier alpha value is -0.830. The molecule has 1 aromatic heterocycles. The molecule has 1 heterocycles. The summed E-state index contributed by atoms with van der Waals surface area (Å²) in [4.78, 5) is 4.45. The van der Waals surface area contributed by atoms with E-state index >= 15 is 0 Å². The van der Waals surface area contributed by atoms with Gasteiger partial charge < -0.3 is 10.3 Å². The van der Waals surface area contributed by atoms with Crippen molar-refractivity contribution in [2.24, 2.45) is 11.7 Å². The fraction of sp³-hybridized carbons (Fsp3) is 0.750. The lowest BCUT2D eigenvalue weighted by Crippen LogP contribution is -2.23. The van der Waals surface area contributed by atoms with Crippen LogP contribution in [0, 0.1) is 5.92 Å². The Morgan fingerprint density at radius 3 is 3.00 bits per heavy atom. The molecule has 2 N–H and O–H groups in total. The van der Waals surface area contributed by atoms with Gasteiger partial charge in [-0.3, -0.25) is 0 Å². The Balaban J connectivity index is 2.24. The van der Waals surface area contributed by atoms with E-state index in [2.05, 4.69) is 29.6 Å². The standard InChI is InChI=1S/C12H21N3/c1-9(2)12-14-6-7-15(12)11-5-3-4-10(11)8-13/h6-7,9-11H,3-5,8,13H2,1-2H3. The third-order valence-electron chi connectivity index (χ3n) is 3.49. The van der Waals surface area contributed by atoms with Crippen molar-refractivity contribution in [1.29, 1.82) is 0 Å². The van der Waals surface area contributed by atoms with Gasteiger partial charge in [0.05, 0.1) is 0 Å². The van der Waals surface area contributed by atoms with Gasteiger partial charge >= 0.3 is 0 Å². The van der Waals surface area contributed by atoms with Crippen molar-refractivity contribution in [3.05, 3.63) is 18.2 Å². The maximum atomic E-state index is 5.82. The van der Waals surface area contributed by atoms with Gasteiger partial charge in [0.1, 0.15) is 5.82 Å². The van der Waals surface area contributed by atoms with Crippen LogP contribution >= 0.6 is 0 Å². The SMILES string of the molecule is CC(C)c1nccn1C1CCCC1CN. The van der Waals surface area contributed by atoms with Crippen molar-refractivity contribution in [1.82, 2.24) is 9.55 Å². The molecule has 0 spiro atoms. The van der Waals surface area contributed by atoms with E-state index in [1.165, 1.54) is 25.1 Å². The Morgan fingerprint density at radius 2 is 2.33 bits per heavy atom. The van der Waals surface area contributed by atoms with Crippen LogP contribution in [0.1, 0.15) is 50.9 Å². The number of hydrogen-bond acceptors (Lipinski definition) is 2. The first-order chi connectivity index (χ1) is 7.24. The minimum atomic E-state index is 0.499. The van der Waals surface area contributed by atoms with Crippen molar-refractivity contribution < 1.29 is 0 Å². The first kappa shape index (κ1) is 10.7. The quantitative estimate of drug-likeness (QED) is 0.826. The molecule has 2 rings (SSSR count). The molecule has 1 fully saturated rings. The lowest BCUT2D eigenvalue weighted by Gasteiger charge is -2.22. The van der Waals surface area contributed by atoms with Crippen LogP contribution in [-0.2, 0) is 0 Å². The van der Waals surface area contributed by atoms with E-state index in [-0.39, 0.29) is 0 Å². The van der Waals surface area contributed by atoms with E-state index in [1.54, 1.807) is 0 Å². The third-order valence-corrected chi connectivity index (χ3v) is 3.49. The van der Waals surface area contributed by atoms with E-state index in [1.807, 2.05) is 6.20 Å². The summed E-state index contributed by atoms with van der Waals surface area (Å²) in [5.41, 5.74) is 5.82. The molecule has 2 unspecified atom stereocenters. The highest BCUT2D eigenvalue weighted by atomic mass is 15.1. The van der Waals surface area contributed by atoms with Crippen molar-refractivity contribution in [3.8, 4) is 0 Å². The second-order valence-corrected chi connectivity index (χ2v) is 4.84. The molecule has 0 aromatic carbocycles. The summed E-state index contributed by atoms with van der Waals surface area (Å²) in [5, 5.41) is 0. The van der Waals surface area contributed by atoms with Crippen LogP contribution in [0.4, 0.5) is 0 Å². The molecule has 0 radical (unpaired) electrons. The van der Waals surface area contributed by atoms with E-state index in [4.69, 9.17) is 5.73 Å². The Morgan fingerprint density at radius 1 is 1.53 bits per heavy atom. The minimum absolute atomic E-state index is 0.499. The summed E-state index contributed by atoms with van der Waals surface area (Å²) in [5.74, 6) is 2.36. The molecule has 15 heavy (non-hydrogen) atoms. The zero-order valence-corrected chi connectivity index (χ0v) is 9.69. The van der Waals surface area contributed by atoms with E-state index < -0.39 is 0 Å². The lowest BCUT2D eigenvalue weighted by molar-refractivity contribution is 0.373. The van der Waals surface area contributed by atoms with Gasteiger partial charge in [0, 0.05) is 24.4 Å². The van der Waals surface area contributed by atoms with Gasteiger partial charge in [-0.1, -0.05) is 20.3 Å². The number of nitrogens with two attached hydrogens (primary N) is 1. The van der Waals surface area contributed by atoms with Crippen LogP contribution in [0.3, 0.4) is 0 Å². The number of rotatable bonds is 3. The summed E-state index contributed by atoms with van der Waals surface area (Å²) in [6.07, 6.45) is 7.88. The fourth-order valence-electron chi connectivity index (χ4n) is 2.71. The van der Waals surface area contributed by atoms with Crippen molar-refractivity contribution in [2.45, 2.75) is 45.1 Å². The first-order valence-electron chi connectivity index (χ1n) is 5.96. The van der Waals surface area contributed by atoms with Crippen LogP contribution in [0.5, 0.6) is 0 Å². The summed E-state index contributed by atoms with van der Waals surface area (Å²) in [6, 6.07) is 0.592. The summed E-state index contributed by atoms with van der Waals surface area (Å²) >= 11 is 0. The largest absolute Gasteiger partial charge is 0.331 e. The summed E-state index contributed by atoms with van der Waals surface area (Å²) in [7, 11) is 0.